The molecule has 0 aliphatic rings. The Morgan fingerprint density at radius 1 is 1.29 bits per heavy atom. The van der Waals surface area contributed by atoms with Crippen LogP contribution in [0.2, 0.25) is 0 Å². The molecule has 0 aliphatic carbocycles. The van der Waals surface area contributed by atoms with Gasteiger partial charge in [0.25, 0.3) is 0 Å². The van der Waals surface area contributed by atoms with Gasteiger partial charge in [-0.3, -0.25) is 4.57 Å². The van der Waals surface area contributed by atoms with Crippen LogP contribution in [-0.2, 0) is 13.6 Å². The van der Waals surface area contributed by atoms with Crippen molar-refractivity contribution >= 4 is 7.60 Å². The molecule has 3 nitrogen and oxygen atoms in total. The van der Waals surface area contributed by atoms with Crippen LogP contribution in [0.5, 0.6) is 0 Å². The third-order valence-electron chi connectivity index (χ3n) is 2.26. The van der Waals surface area contributed by atoms with Crippen LogP contribution < -0.4 is 0 Å². The van der Waals surface area contributed by atoms with Crippen molar-refractivity contribution in [2.45, 2.75) is 52.1 Å². The Bertz CT molecular complexity index is 182. The van der Waals surface area contributed by atoms with Gasteiger partial charge in [0.15, 0.2) is 0 Å². The summed E-state index contributed by atoms with van der Waals surface area (Å²) in [6, 6.07) is 0. The number of hydrogen-bond donors (Lipinski definition) is 0. The van der Waals surface area contributed by atoms with Crippen LogP contribution in [0.3, 0.4) is 0 Å². The van der Waals surface area contributed by atoms with Crippen molar-refractivity contribution in [1.82, 2.24) is 0 Å². The first-order valence-electron chi connectivity index (χ1n) is 5.37. The van der Waals surface area contributed by atoms with E-state index in [4.69, 9.17) is 9.05 Å². The van der Waals surface area contributed by atoms with Gasteiger partial charge < -0.3 is 9.05 Å². The fourth-order valence-corrected chi connectivity index (χ4v) is 2.15. The molecule has 0 aromatic heterocycles. The highest BCUT2D eigenvalue weighted by atomic mass is 31.2. The first-order chi connectivity index (χ1) is 6.55. The molecule has 0 N–H and O–H groups in total. The third kappa shape index (κ3) is 6.58. The van der Waals surface area contributed by atoms with E-state index < -0.39 is 7.60 Å². The second kappa shape index (κ2) is 7.44. The van der Waals surface area contributed by atoms with E-state index in [1.807, 2.05) is 6.92 Å². The molecule has 2 unspecified atom stereocenters. The number of unbranched alkanes of at least 4 members (excludes halogenated alkanes) is 2. The lowest BCUT2D eigenvalue weighted by Crippen LogP contribution is -2.10. The van der Waals surface area contributed by atoms with Gasteiger partial charge in [-0.25, -0.2) is 0 Å². The quantitative estimate of drug-likeness (QED) is 0.462. The van der Waals surface area contributed by atoms with Gasteiger partial charge in [0.05, 0.1) is 6.10 Å². The third-order valence-corrected chi connectivity index (χ3v) is 3.60. The Morgan fingerprint density at radius 3 is 2.36 bits per heavy atom. The van der Waals surface area contributed by atoms with Gasteiger partial charge in [-0.2, -0.15) is 0 Å². The van der Waals surface area contributed by atoms with Crippen LogP contribution in [0.1, 0.15) is 46.0 Å². The summed E-state index contributed by atoms with van der Waals surface area (Å²) in [6.45, 7) is 5.74. The molecule has 0 aromatic rings. The first-order valence-corrected chi connectivity index (χ1v) is 7.36. The zero-order valence-electron chi connectivity index (χ0n) is 9.78. The van der Waals surface area contributed by atoms with Gasteiger partial charge in [0.1, 0.15) is 0 Å². The van der Waals surface area contributed by atoms with Gasteiger partial charge in [-0.15, -0.1) is 0 Å². The minimum absolute atomic E-state index is 0.0809. The molecule has 0 saturated heterocycles. The molecule has 0 aliphatic heterocycles. The van der Waals surface area contributed by atoms with Gasteiger partial charge in [0.2, 0.25) is 0 Å². The van der Waals surface area contributed by atoms with Crippen LogP contribution in [0, 0.1) is 0 Å². The first kappa shape index (κ1) is 14.2. The zero-order chi connectivity index (χ0) is 11.0. The van der Waals surface area contributed by atoms with Crippen molar-refractivity contribution in [1.29, 1.82) is 0 Å². The maximum atomic E-state index is 11.5. The summed E-state index contributed by atoms with van der Waals surface area (Å²) < 4.78 is 21.8. The minimum Gasteiger partial charge on any atom is -0.312 e. The molecule has 0 fully saturated rings. The highest BCUT2D eigenvalue weighted by molar-refractivity contribution is 7.52. The Kier molecular flexibility index (Phi) is 7.52. The molecule has 0 aromatic carbocycles. The molecule has 0 spiro atoms. The summed E-state index contributed by atoms with van der Waals surface area (Å²) in [5.41, 5.74) is 0. The molecule has 2 atom stereocenters. The lowest BCUT2D eigenvalue weighted by molar-refractivity contribution is 0.150. The van der Waals surface area contributed by atoms with Gasteiger partial charge in [0, 0.05) is 13.8 Å². The SMILES string of the molecule is CCCCCC(CC)OP(C)(=O)OC. The number of rotatable bonds is 8. The predicted octanol–water partition coefficient (Wildman–Crippen LogP) is 3.83. The lowest BCUT2D eigenvalue weighted by Gasteiger charge is -2.19. The predicted molar refractivity (Wildman–Crippen MR) is 59.8 cm³/mol. The molecule has 0 rings (SSSR count). The maximum absolute atomic E-state index is 11.5. The topological polar surface area (TPSA) is 35.5 Å². The van der Waals surface area contributed by atoms with Gasteiger partial charge in [-0.05, 0) is 12.8 Å². The highest BCUT2D eigenvalue weighted by Crippen LogP contribution is 2.45. The molecule has 0 bridgehead atoms. The zero-order valence-corrected chi connectivity index (χ0v) is 10.7. The van der Waals surface area contributed by atoms with Crippen LogP contribution in [0.15, 0.2) is 0 Å². The summed E-state index contributed by atoms with van der Waals surface area (Å²) in [4.78, 5) is 0. The van der Waals surface area contributed by atoms with Crippen molar-refractivity contribution in [3.63, 3.8) is 0 Å². The van der Waals surface area contributed by atoms with Crippen molar-refractivity contribution in [3.8, 4) is 0 Å². The van der Waals surface area contributed by atoms with E-state index in [1.54, 1.807) is 0 Å². The normalized spacial score (nSPS) is 17.7. The average Bonchev–Trinajstić information content (AvgIpc) is 2.16. The highest BCUT2D eigenvalue weighted by Gasteiger charge is 2.20. The lowest BCUT2D eigenvalue weighted by atomic mass is 10.1. The Labute approximate surface area is 87.7 Å². The summed E-state index contributed by atoms with van der Waals surface area (Å²) in [6.07, 6.45) is 5.50. The molecule has 0 heterocycles. The van der Waals surface area contributed by atoms with E-state index in [0.717, 1.165) is 19.3 Å². The smallest absolute Gasteiger partial charge is 0.312 e. The largest absolute Gasteiger partial charge is 0.327 e. The Morgan fingerprint density at radius 2 is 1.93 bits per heavy atom. The van der Waals surface area contributed by atoms with Gasteiger partial charge >= 0.3 is 7.60 Å². The fraction of sp³-hybridized carbons (Fsp3) is 1.00. The van der Waals surface area contributed by atoms with Crippen LogP contribution in [-0.4, -0.2) is 19.9 Å². The maximum Gasteiger partial charge on any atom is 0.327 e. The standard InChI is InChI=1S/C10H23O3P/c1-5-7-8-9-10(6-2)13-14(4,11)12-3/h10H,5-9H2,1-4H3. The van der Waals surface area contributed by atoms with Crippen molar-refractivity contribution < 1.29 is 13.6 Å². The minimum atomic E-state index is -2.79. The van der Waals surface area contributed by atoms with E-state index in [2.05, 4.69) is 6.92 Å². The van der Waals surface area contributed by atoms with Crippen molar-refractivity contribution in [3.05, 3.63) is 0 Å². The van der Waals surface area contributed by atoms with E-state index in [1.165, 1.54) is 26.6 Å². The van der Waals surface area contributed by atoms with Crippen molar-refractivity contribution in [2.75, 3.05) is 13.8 Å². The number of hydrogen-bond acceptors (Lipinski definition) is 3. The molecule has 4 heteroatoms. The molecule has 86 valence electrons. The van der Waals surface area contributed by atoms with Crippen molar-refractivity contribution in [2.24, 2.45) is 0 Å². The fourth-order valence-electron chi connectivity index (χ4n) is 1.27. The molecule has 14 heavy (non-hydrogen) atoms. The monoisotopic (exact) mass is 222 g/mol. The van der Waals surface area contributed by atoms with E-state index >= 15 is 0 Å². The van der Waals surface area contributed by atoms with E-state index in [9.17, 15) is 4.57 Å². The summed E-state index contributed by atoms with van der Waals surface area (Å²) in [5.74, 6) is 0. The summed E-state index contributed by atoms with van der Waals surface area (Å²) >= 11 is 0. The second-order valence-corrected chi connectivity index (χ2v) is 5.70. The van der Waals surface area contributed by atoms with Gasteiger partial charge in [-0.1, -0.05) is 33.1 Å². The molecular weight excluding hydrogens is 199 g/mol. The Balaban J connectivity index is 3.84. The second-order valence-electron chi connectivity index (χ2n) is 3.59. The summed E-state index contributed by atoms with van der Waals surface area (Å²) in [5, 5.41) is 0. The van der Waals surface area contributed by atoms with Crippen LogP contribution >= 0.6 is 7.60 Å². The van der Waals surface area contributed by atoms with Crippen LogP contribution in [0.4, 0.5) is 0 Å². The molecule has 0 radical (unpaired) electrons. The van der Waals surface area contributed by atoms with Crippen LogP contribution in [0.25, 0.3) is 0 Å². The molecule has 0 saturated carbocycles. The van der Waals surface area contributed by atoms with E-state index in [0.29, 0.717) is 0 Å². The molecule has 0 amide bonds. The Hall–Kier alpha value is 0.150. The molecular formula is C10H23O3P. The summed E-state index contributed by atoms with van der Waals surface area (Å²) in [7, 11) is -1.36. The van der Waals surface area contributed by atoms with E-state index in [-0.39, 0.29) is 6.10 Å². The average molecular weight is 222 g/mol.